The predicted octanol–water partition coefficient (Wildman–Crippen LogP) is 1.14. The molecule has 22 heteroatoms. The number of carbonyl (C=O) groups is 9. The fraction of sp³-hybridized carbons (Fsp3) is 0.615. The molecule has 0 aromatic carbocycles. The van der Waals surface area contributed by atoms with Gasteiger partial charge in [0.05, 0.1) is 19.8 Å². The van der Waals surface area contributed by atoms with Gasteiger partial charge in [0, 0.05) is 95.0 Å². The quantitative estimate of drug-likeness (QED) is 0.100. The van der Waals surface area contributed by atoms with Gasteiger partial charge in [-0.3, -0.25) is 44.4 Å². The molecule has 0 radical (unpaired) electrons. The third-order valence-corrected chi connectivity index (χ3v) is 8.67. The van der Waals surface area contributed by atoms with Crippen molar-refractivity contribution in [1.29, 1.82) is 0 Å². The molecule has 1 aliphatic rings. The zero-order valence-electron chi connectivity index (χ0n) is 35.5. The minimum absolute atomic E-state index is 0. The number of cyclic esters (lactones) is 3. The number of ether oxygens (including phenoxy) is 3. The number of hydrogen-bond acceptors (Lipinski definition) is 15. The standard InChI is InChI=1S/C39H60N6O15.Fe/c1-25-13-19-58-37(52)31(40-28(4)46)11-8-17-44(56)35(50)23-27(3)15-21-60-39(54)33(42-30(6)48)12-9-18-45(57)36(51)24-26(2)14-20-59-38(53)32(41-29(5)47)10-7-16-43(55)34(49)22-25;/h22-24,31-33,55-57H,7-21H2,1-6H3,(H,40,46)(H,41,47)(H,42,48);. The van der Waals surface area contributed by atoms with E-state index in [2.05, 4.69) is 16.0 Å². The molecule has 61 heavy (non-hydrogen) atoms. The van der Waals surface area contributed by atoms with E-state index in [1.165, 1.54) is 20.8 Å². The second-order valence-electron chi connectivity index (χ2n) is 14.3. The molecule has 0 aliphatic carbocycles. The van der Waals surface area contributed by atoms with E-state index in [4.69, 9.17) is 14.2 Å². The molecule has 0 aromatic heterocycles. The molecule has 3 unspecified atom stereocenters. The molecule has 0 spiro atoms. The van der Waals surface area contributed by atoms with E-state index in [0.29, 0.717) is 31.9 Å². The van der Waals surface area contributed by atoms with E-state index >= 15 is 0 Å². The Hall–Kier alpha value is -5.15. The van der Waals surface area contributed by atoms with Gasteiger partial charge in [0.25, 0.3) is 17.7 Å². The van der Waals surface area contributed by atoms with Crippen molar-refractivity contribution in [2.45, 2.75) is 117 Å². The number of esters is 3. The first-order valence-corrected chi connectivity index (χ1v) is 19.5. The summed E-state index contributed by atoms with van der Waals surface area (Å²) < 4.78 is 15.9. The molecule has 6 amide bonds. The number of hydrogen-bond donors (Lipinski definition) is 6. The number of amides is 6. The maximum absolute atomic E-state index is 12.8. The van der Waals surface area contributed by atoms with Crippen LogP contribution in [0.1, 0.15) is 99.3 Å². The summed E-state index contributed by atoms with van der Waals surface area (Å²) in [6, 6.07) is -3.33. The summed E-state index contributed by atoms with van der Waals surface area (Å²) in [6.45, 7) is 7.11. The van der Waals surface area contributed by atoms with Gasteiger partial charge in [-0.25, -0.2) is 29.6 Å². The van der Waals surface area contributed by atoms with Crippen LogP contribution in [-0.2, 0) is 74.4 Å². The van der Waals surface area contributed by atoms with E-state index in [0.717, 1.165) is 18.2 Å². The third kappa shape index (κ3) is 24.6. The van der Waals surface area contributed by atoms with Crippen molar-refractivity contribution in [1.82, 2.24) is 31.1 Å². The second kappa shape index (κ2) is 30.0. The molecule has 0 saturated carbocycles. The van der Waals surface area contributed by atoms with Crippen molar-refractivity contribution in [3.63, 3.8) is 0 Å². The van der Waals surface area contributed by atoms with Gasteiger partial charge in [0.2, 0.25) is 17.7 Å². The third-order valence-electron chi connectivity index (χ3n) is 8.67. The average molecular weight is 909 g/mol. The van der Waals surface area contributed by atoms with Crippen molar-refractivity contribution >= 4 is 53.4 Å². The average Bonchev–Trinajstić information content (AvgIpc) is 3.15. The summed E-state index contributed by atoms with van der Waals surface area (Å²) in [5.41, 5.74) is 1.32. The predicted molar refractivity (Wildman–Crippen MR) is 209 cm³/mol. The molecule has 1 aliphatic heterocycles. The van der Waals surface area contributed by atoms with Gasteiger partial charge in [-0.2, -0.15) is 0 Å². The van der Waals surface area contributed by atoms with Crippen LogP contribution in [0.5, 0.6) is 0 Å². The molecule has 0 aromatic rings. The van der Waals surface area contributed by atoms with Crippen LogP contribution in [0, 0.1) is 0 Å². The Bertz CT molecular complexity index is 1450. The first-order valence-electron chi connectivity index (χ1n) is 19.5. The minimum Gasteiger partial charge on any atom is -0.464 e. The topological polar surface area (TPSA) is 288 Å². The Balaban J connectivity index is 0.0000360. The summed E-state index contributed by atoms with van der Waals surface area (Å²) in [5.74, 6) is -6.32. The fourth-order valence-corrected chi connectivity index (χ4v) is 5.46. The van der Waals surface area contributed by atoms with Crippen LogP contribution < -0.4 is 16.0 Å². The minimum atomic E-state index is -1.11. The maximum atomic E-state index is 12.8. The smallest absolute Gasteiger partial charge is 0.328 e. The van der Waals surface area contributed by atoms with Gasteiger partial charge in [-0.1, -0.05) is 16.7 Å². The van der Waals surface area contributed by atoms with Gasteiger partial charge >= 0.3 is 17.9 Å². The van der Waals surface area contributed by atoms with Crippen LogP contribution in [-0.4, -0.2) is 142 Å². The molecule has 3 atom stereocenters. The molecule has 1 rings (SSSR count). The van der Waals surface area contributed by atoms with Crippen molar-refractivity contribution in [3.8, 4) is 0 Å². The van der Waals surface area contributed by atoms with Gasteiger partial charge in [0.15, 0.2) is 0 Å². The number of nitrogens with one attached hydrogen (secondary N) is 3. The van der Waals surface area contributed by atoms with E-state index in [1.807, 2.05) is 0 Å². The first kappa shape index (κ1) is 55.8. The SMILES string of the molecule is CC(=O)NC1CCCN(O)C(=O)C=C(C)CCOC(=O)C(NC(C)=O)CCCN(O)C(=O)C=C(C)CCOC(=O)C(NC(C)=O)CCCN(O)C(=O)C=C(C)CCOC1=O.[Fe]. The molecule has 0 saturated heterocycles. The van der Waals surface area contributed by atoms with E-state index < -0.39 is 71.5 Å². The number of carbonyl (C=O) groups excluding carboxylic acids is 9. The summed E-state index contributed by atoms with van der Waals surface area (Å²) >= 11 is 0. The number of hydroxylamine groups is 6. The van der Waals surface area contributed by atoms with Crippen LogP contribution in [0.2, 0.25) is 0 Å². The van der Waals surface area contributed by atoms with Crippen LogP contribution in [0.25, 0.3) is 0 Å². The Morgan fingerprint density at radius 1 is 0.508 bits per heavy atom. The Morgan fingerprint density at radius 3 is 0.951 bits per heavy atom. The molecule has 0 fully saturated rings. The Kier molecular flexibility index (Phi) is 27.4. The maximum Gasteiger partial charge on any atom is 0.328 e. The second-order valence-corrected chi connectivity index (χ2v) is 14.3. The summed E-state index contributed by atoms with van der Waals surface area (Å²) in [7, 11) is 0. The van der Waals surface area contributed by atoms with Gasteiger partial charge in [0.1, 0.15) is 18.1 Å². The molecular formula is C39H60FeN6O15. The molecule has 344 valence electrons. The number of rotatable bonds is 3. The van der Waals surface area contributed by atoms with Crippen molar-refractivity contribution < 1.29 is 90.1 Å². The fourth-order valence-electron chi connectivity index (χ4n) is 5.46. The molecule has 21 nitrogen and oxygen atoms in total. The Morgan fingerprint density at radius 2 is 0.738 bits per heavy atom. The summed E-state index contributed by atoms with van der Waals surface area (Å²) in [4.78, 5) is 111. The molecule has 6 N–H and O–H groups in total. The number of nitrogens with zero attached hydrogens (tertiary/aromatic N) is 3. The van der Waals surface area contributed by atoms with Crippen molar-refractivity contribution in [2.75, 3.05) is 39.5 Å². The van der Waals surface area contributed by atoms with Crippen molar-refractivity contribution in [2.24, 2.45) is 0 Å². The van der Waals surface area contributed by atoms with Crippen LogP contribution in [0.15, 0.2) is 34.9 Å². The first-order chi connectivity index (χ1) is 28.2. The van der Waals surface area contributed by atoms with E-state index in [-0.39, 0.29) is 114 Å². The van der Waals surface area contributed by atoms with E-state index in [9.17, 15) is 58.8 Å². The largest absolute Gasteiger partial charge is 0.464 e. The summed E-state index contributed by atoms with van der Waals surface area (Å²) in [5, 5.41) is 39.6. The van der Waals surface area contributed by atoms with Crippen LogP contribution >= 0.6 is 0 Å². The zero-order chi connectivity index (χ0) is 45.4. The van der Waals surface area contributed by atoms with Crippen LogP contribution in [0.3, 0.4) is 0 Å². The molecule has 1 heterocycles. The van der Waals surface area contributed by atoms with Crippen LogP contribution in [0.4, 0.5) is 0 Å². The normalized spacial score (nSPS) is 21.9. The van der Waals surface area contributed by atoms with Crippen molar-refractivity contribution in [3.05, 3.63) is 34.9 Å². The van der Waals surface area contributed by atoms with E-state index in [1.54, 1.807) is 20.8 Å². The monoisotopic (exact) mass is 908 g/mol. The summed E-state index contributed by atoms with van der Waals surface area (Å²) in [6.07, 6.45) is 3.86. The van der Waals surface area contributed by atoms with Gasteiger partial charge < -0.3 is 30.2 Å². The Labute approximate surface area is 365 Å². The molecular weight excluding hydrogens is 848 g/mol. The van der Waals surface area contributed by atoms with Gasteiger partial charge in [-0.15, -0.1) is 0 Å². The zero-order valence-corrected chi connectivity index (χ0v) is 36.6. The molecule has 0 bridgehead atoms. The van der Waals surface area contributed by atoms with Gasteiger partial charge in [-0.05, 0) is 59.3 Å².